The van der Waals surface area contributed by atoms with Crippen LogP contribution in [0.5, 0.6) is 0 Å². The van der Waals surface area contributed by atoms with E-state index in [9.17, 15) is 9.59 Å². The number of rotatable bonds is 8. The number of carbonyl (C=O) groups excluding carboxylic acids is 1. The van der Waals surface area contributed by atoms with E-state index >= 15 is 0 Å². The van der Waals surface area contributed by atoms with E-state index in [0.29, 0.717) is 35.6 Å². The normalized spacial score (nSPS) is 12.9. The van der Waals surface area contributed by atoms with Crippen molar-refractivity contribution in [2.24, 2.45) is 10.7 Å². The maximum atomic E-state index is 13.3. The number of pyridine rings is 1. The molecular weight excluding hydrogens is 488 g/mol. The lowest BCUT2D eigenvalue weighted by Crippen LogP contribution is -2.34. The lowest BCUT2D eigenvalue weighted by atomic mass is 9.99. The van der Waals surface area contributed by atoms with Gasteiger partial charge in [-0.25, -0.2) is 15.0 Å². The van der Waals surface area contributed by atoms with E-state index in [1.807, 2.05) is 53.4 Å². The molecular formula is C31H32N6O2. The third kappa shape index (κ3) is 5.65. The van der Waals surface area contributed by atoms with Gasteiger partial charge in [0.25, 0.3) is 5.56 Å². The number of benzene rings is 2. The molecule has 8 nitrogen and oxygen atoms in total. The van der Waals surface area contributed by atoms with Crippen LogP contribution in [-0.4, -0.2) is 44.3 Å². The van der Waals surface area contributed by atoms with Crippen molar-refractivity contribution in [3.63, 3.8) is 0 Å². The molecule has 1 amide bonds. The van der Waals surface area contributed by atoms with Gasteiger partial charge in [0.2, 0.25) is 5.91 Å². The van der Waals surface area contributed by atoms with Gasteiger partial charge in [-0.05, 0) is 65.8 Å². The van der Waals surface area contributed by atoms with Gasteiger partial charge >= 0.3 is 0 Å². The van der Waals surface area contributed by atoms with Gasteiger partial charge in [-0.15, -0.1) is 0 Å². The highest BCUT2D eigenvalue weighted by Gasteiger charge is 2.21. The maximum absolute atomic E-state index is 13.3. The zero-order chi connectivity index (χ0) is 27.4. The summed E-state index contributed by atoms with van der Waals surface area (Å²) in [5, 5.41) is 1.48. The van der Waals surface area contributed by atoms with Crippen molar-refractivity contribution >= 4 is 34.3 Å². The predicted molar refractivity (Wildman–Crippen MR) is 156 cm³/mol. The smallest absolute Gasteiger partial charge is 0.258 e. The van der Waals surface area contributed by atoms with Crippen LogP contribution in [0.2, 0.25) is 0 Å². The average Bonchev–Trinajstić information content (AvgIpc) is 3.12. The van der Waals surface area contributed by atoms with Gasteiger partial charge < -0.3 is 15.2 Å². The number of fused-ring (bicyclic) bond motifs is 2. The van der Waals surface area contributed by atoms with Crippen LogP contribution in [0.3, 0.4) is 0 Å². The number of aromatic nitrogens is 3. The average molecular weight is 521 g/mol. The zero-order valence-corrected chi connectivity index (χ0v) is 22.3. The minimum atomic E-state index is -0.0895. The summed E-state index contributed by atoms with van der Waals surface area (Å²) < 4.78 is 1.62. The van der Waals surface area contributed by atoms with E-state index in [1.165, 1.54) is 0 Å². The lowest BCUT2D eigenvalue weighted by Gasteiger charge is -2.22. The minimum absolute atomic E-state index is 0.0211. The molecule has 8 heteroatoms. The Bertz CT molecular complexity index is 1630. The zero-order valence-electron chi connectivity index (χ0n) is 22.3. The van der Waals surface area contributed by atoms with Crippen LogP contribution in [0, 0.1) is 0 Å². The first-order valence-corrected chi connectivity index (χ1v) is 13.3. The van der Waals surface area contributed by atoms with E-state index in [-0.39, 0.29) is 11.5 Å². The van der Waals surface area contributed by atoms with Gasteiger partial charge in [0.05, 0.1) is 12.2 Å². The summed E-state index contributed by atoms with van der Waals surface area (Å²) in [4.78, 5) is 41.3. The van der Waals surface area contributed by atoms with Crippen molar-refractivity contribution in [2.75, 3.05) is 13.1 Å². The Kier molecular flexibility index (Phi) is 7.63. The van der Waals surface area contributed by atoms with Gasteiger partial charge in [-0.2, -0.15) is 0 Å². The summed E-state index contributed by atoms with van der Waals surface area (Å²) in [6.07, 6.45) is 9.16. The number of carbonyl (C=O) groups is 1. The highest BCUT2D eigenvalue weighted by atomic mass is 16.2. The Labute approximate surface area is 227 Å². The van der Waals surface area contributed by atoms with Crippen molar-refractivity contribution < 1.29 is 4.79 Å². The summed E-state index contributed by atoms with van der Waals surface area (Å²) in [5.74, 6) is 1.02. The molecule has 198 valence electrons. The summed E-state index contributed by atoms with van der Waals surface area (Å²) in [7, 11) is 0. The molecule has 2 aromatic heterocycles. The Hall–Kier alpha value is -4.59. The summed E-state index contributed by atoms with van der Waals surface area (Å²) >= 11 is 0. The third-order valence-corrected chi connectivity index (χ3v) is 6.79. The summed E-state index contributed by atoms with van der Waals surface area (Å²) in [6.45, 7) is 5.91. The fraction of sp³-hybridized carbons (Fsp3) is 0.258. The number of hydrogen-bond acceptors (Lipinski definition) is 6. The fourth-order valence-electron chi connectivity index (χ4n) is 4.92. The van der Waals surface area contributed by atoms with Crippen LogP contribution in [0.4, 0.5) is 5.69 Å². The molecule has 2 N–H and O–H groups in total. The second-order valence-corrected chi connectivity index (χ2v) is 9.73. The monoisotopic (exact) mass is 520 g/mol. The Morgan fingerprint density at radius 2 is 1.72 bits per heavy atom. The van der Waals surface area contributed by atoms with Crippen molar-refractivity contribution in [1.29, 1.82) is 0 Å². The quantitative estimate of drug-likeness (QED) is 0.355. The van der Waals surface area contributed by atoms with Crippen LogP contribution in [0.15, 0.2) is 82.5 Å². The van der Waals surface area contributed by atoms with E-state index in [4.69, 9.17) is 5.73 Å². The van der Waals surface area contributed by atoms with E-state index < -0.39 is 0 Å². The fourth-order valence-corrected chi connectivity index (χ4v) is 4.92. The number of hydrogen-bond donors (Lipinski definition) is 1. The SMILES string of the molecule is CCCN(CCC)C(=O)C1=Cc2ccc(-c3ccc4c(=O)n(Cc5ncccn5)ccc4c3)cc2N=C(N)C1. The predicted octanol–water partition coefficient (Wildman–Crippen LogP) is 4.93. The molecule has 0 spiro atoms. The molecule has 0 fully saturated rings. The van der Waals surface area contributed by atoms with Crippen molar-refractivity contribution in [3.8, 4) is 11.1 Å². The Balaban J connectivity index is 1.46. The number of amides is 1. The largest absolute Gasteiger partial charge is 0.387 e. The molecule has 0 bridgehead atoms. The number of nitrogens with two attached hydrogens (primary N) is 1. The minimum Gasteiger partial charge on any atom is -0.387 e. The van der Waals surface area contributed by atoms with E-state index in [2.05, 4.69) is 28.8 Å². The standard InChI is InChI=1S/C31H32N6O2/c1-3-13-36(14-4-2)30(38)25-17-24-7-6-22(18-27(24)35-28(32)19-25)21-8-9-26-23(16-21)10-15-37(31(26)39)20-29-33-11-5-12-34-29/h5-12,15-18H,3-4,13-14,19-20H2,1-2H3,(H2,32,35). The van der Waals surface area contributed by atoms with Crippen LogP contribution in [0.25, 0.3) is 28.0 Å². The first-order valence-electron chi connectivity index (χ1n) is 13.3. The molecule has 4 aromatic rings. The van der Waals surface area contributed by atoms with Gasteiger partial charge in [-0.1, -0.05) is 32.0 Å². The molecule has 5 rings (SSSR count). The third-order valence-electron chi connectivity index (χ3n) is 6.79. The lowest BCUT2D eigenvalue weighted by molar-refractivity contribution is -0.127. The summed E-state index contributed by atoms with van der Waals surface area (Å²) in [5.41, 5.74) is 10.3. The number of nitrogens with zero attached hydrogens (tertiary/aromatic N) is 5. The maximum Gasteiger partial charge on any atom is 0.258 e. The van der Waals surface area contributed by atoms with Gasteiger partial charge in [0.1, 0.15) is 11.7 Å². The molecule has 0 atom stereocenters. The highest BCUT2D eigenvalue weighted by molar-refractivity contribution is 6.05. The molecule has 0 radical (unpaired) electrons. The molecule has 1 aliphatic heterocycles. The molecule has 2 aromatic carbocycles. The molecule has 1 aliphatic rings. The topological polar surface area (TPSA) is 106 Å². The van der Waals surface area contributed by atoms with Gasteiger partial charge in [0, 0.05) is 54.6 Å². The Morgan fingerprint density at radius 1 is 1.00 bits per heavy atom. The van der Waals surface area contributed by atoms with Crippen LogP contribution < -0.4 is 11.3 Å². The second-order valence-electron chi connectivity index (χ2n) is 9.73. The van der Waals surface area contributed by atoms with Crippen molar-refractivity contribution in [3.05, 3.63) is 94.4 Å². The van der Waals surface area contributed by atoms with Crippen molar-refractivity contribution in [2.45, 2.75) is 39.7 Å². The molecule has 0 saturated carbocycles. The van der Waals surface area contributed by atoms with Crippen LogP contribution in [0.1, 0.15) is 44.5 Å². The number of amidine groups is 1. The molecule has 0 saturated heterocycles. The van der Waals surface area contributed by atoms with E-state index in [1.54, 1.807) is 29.2 Å². The number of aliphatic imine (C=N–C) groups is 1. The van der Waals surface area contributed by atoms with Crippen molar-refractivity contribution in [1.82, 2.24) is 19.4 Å². The molecule has 3 heterocycles. The highest BCUT2D eigenvalue weighted by Crippen LogP contribution is 2.33. The molecule has 0 unspecified atom stereocenters. The van der Waals surface area contributed by atoms with Crippen LogP contribution >= 0.6 is 0 Å². The molecule has 39 heavy (non-hydrogen) atoms. The van der Waals surface area contributed by atoms with Crippen LogP contribution in [-0.2, 0) is 11.3 Å². The van der Waals surface area contributed by atoms with E-state index in [0.717, 1.165) is 53.7 Å². The first-order chi connectivity index (χ1) is 19.0. The Morgan fingerprint density at radius 3 is 2.46 bits per heavy atom. The van der Waals surface area contributed by atoms with Gasteiger partial charge in [-0.3, -0.25) is 9.59 Å². The first kappa shape index (κ1) is 26.0. The van der Waals surface area contributed by atoms with Gasteiger partial charge in [0.15, 0.2) is 0 Å². The summed E-state index contributed by atoms with van der Waals surface area (Å²) in [6, 6.07) is 15.5. The molecule has 0 aliphatic carbocycles. The second kappa shape index (κ2) is 11.4.